The Morgan fingerprint density at radius 3 is 2.88 bits per heavy atom. The first-order valence-corrected chi connectivity index (χ1v) is 5.67. The number of rotatable bonds is 2. The molecule has 2 aromatic rings. The van der Waals surface area contributed by atoms with Crippen LogP contribution < -0.4 is 5.73 Å². The van der Waals surface area contributed by atoms with Gasteiger partial charge in [-0.3, -0.25) is 4.68 Å². The van der Waals surface area contributed by atoms with Gasteiger partial charge in [0.2, 0.25) is 0 Å². The molecule has 1 aromatic carbocycles. The highest BCUT2D eigenvalue weighted by atomic mass is 35.5. The lowest BCUT2D eigenvalue weighted by molar-refractivity contribution is 0.625. The number of aromatic nitrogens is 2. The summed E-state index contributed by atoms with van der Waals surface area (Å²) in [6, 6.07) is 2.74. The van der Waals surface area contributed by atoms with Crippen LogP contribution >= 0.6 is 23.4 Å². The molecule has 16 heavy (non-hydrogen) atoms. The minimum Gasteiger partial charge on any atom is -0.398 e. The Hall–Kier alpha value is -1.20. The SMILES string of the molecule is Cn1cc(Sc2cc(F)c(Cl)cc2N)cn1. The predicted molar refractivity (Wildman–Crippen MR) is 63.2 cm³/mol. The minimum absolute atomic E-state index is 0.0352. The maximum absolute atomic E-state index is 13.2. The molecule has 0 aliphatic rings. The van der Waals surface area contributed by atoms with Gasteiger partial charge in [0.15, 0.2) is 0 Å². The van der Waals surface area contributed by atoms with Crippen LogP contribution in [0.2, 0.25) is 5.02 Å². The van der Waals surface area contributed by atoms with Crippen molar-refractivity contribution in [2.24, 2.45) is 7.05 Å². The van der Waals surface area contributed by atoms with Gasteiger partial charge >= 0.3 is 0 Å². The number of nitrogens with zero attached hydrogens (tertiary/aromatic N) is 2. The fourth-order valence-electron chi connectivity index (χ4n) is 1.21. The molecule has 0 saturated heterocycles. The van der Waals surface area contributed by atoms with Gasteiger partial charge in [0, 0.05) is 23.8 Å². The Labute approximate surface area is 101 Å². The van der Waals surface area contributed by atoms with Gasteiger partial charge < -0.3 is 5.73 Å². The molecular formula is C10H9ClFN3S. The van der Waals surface area contributed by atoms with Crippen molar-refractivity contribution in [1.29, 1.82) is 0 Å². The highest BCUT2D eigenvalue weighted by molar-refractivity contribution is 7.99. The van der Waals surface area contributed by atoms with Crippen molar-refractivity contribution in [2.45, 2.75) is 9.79 Å². The number of halogens is 2. The molecule has 6 heteroatoms. The van der Waals surface area contributed by atoms with Crippen molar-refractivity contribution in [3.8, 4) is 0 Å². The first-order valence-electron chi connectivity index (χ1n) is 4.47. The van der Waals surface area contributed by atoms with Crippen LogP contribution in [0.3, 0.4) is 0 Å². The summed E-state index contributed by atoms with van der Waals surface area (Å²) in [5.74, 6) is -0.470. The summed E-state index contributed by atoms with van der Waals surface area (Å²) in [5, 5.41) is 4.05. The molecule has 0 fully saturated rings. The van der Waals surface area contributed by atoms with E-state index in [9.17, 15) is 4.39 Å². The van der Waals surface area contributed by atoms with Gasteiger partial charge in [-0.2, -0.15) is 5.10 Å². The highest BCUT2D eigenvalue weighted by Crippen LogP contribution is 2.34. The molecule has 0 aliphatic carbocycles. The van der Waals surface area contributed by atoms with E-state index in [0.29, 0.717) is 10.6 Å². The second-order valence-electron chi connectivity index (χ2n) is 3.26. The normalized spacial score (nSPS) is 10.7. The zero-order valence-corrected chi connectivity index (χ0v) is 10.0. The molecule has 0 amide bonds. The van der Waals surface area contributed by atoms with E-state index in [2.05, 4.69) is 5.10 Å². The van der Waals surface area contributed by atoms with Gasteiger partial charge in [0.05, 0.1) is 16.1 Å². The van der Waals surface area contributed by atoms with Gasteiger partial charge in [-0.25, -0.2) is 4.39 Å². The minimum atomic E-state index is -0.470. The van der Waals surface area contributed by atoms with E-state index >= 15 is 0 Å². The molecule has 0 bridgehead atoms. The lowest BCUT2D eigenvalue weighted by Gasteiger charge is -2.04. The number of hydrogen-bond donors (Lipinski definition) is 1. The highest BCUT2D eigenvalue weighted by Gasteiger charge is 2.08. The van der Waals surface area contributed by atoms with Crippen molar-refractivity contribution >= 4 is 29.1 Å². The topological polar surface area (TPSA) is 43.8 Å². The molecule has 1 aromatic heterocycles. The van der Waals surface area contributed by atoms with E-state index in [4.69, 9.17) is 17.3 Å². The lowest BCUT2D eigenvalue weighted by Crippen LogP contribution is -1.90. The lowest BCUT2D eigenvalue weighted by atomic mass is 10.3. The van der Waals surface area contributed by atoms with Crippen LogP contribution in [0.1, 0.15) is 0 Å². The monoisotopic (exact) mass is 257 g/mol. The molecule has 0 radical (unpaired) electrons. The Kier molecular flexibility index (Phi) is 3.07. The second kappa shape index (κ2) is 4.35. The van der Waals surface area contributed by atoms with Crippen LogP contribution in [-0.4, -0.2) is 9.78 Å². The van der Waals surface area contributed by atoms with Crippen LogP contribution in [0.25, 0.3) is 0 Å². The summed E-state index contributed by atoms with van der Waals surface area (Å²) in [7, 11) is 1.82. The van der Waals surface area contributed by atoms with Crippen LogP contribution in [0, 0.1) is 5.82 Å². The van der Waals surface area contributed by atoms with Crippen LogP contribution in [-0.2, 0) is 7.05 Å². The average molecular weight is 258 g/mol. The first kappa shape index (κ1) is 11.3. The standard InChI is InChI=1S/C10H9ClFN3S/c1-15-5-6(4-14-15)16-10-3-8(12)7(11)2-9(10)13/h2-5H,13H2,1H3. The van der Waals surface area contributed by atoms with Crippen molar-refractivity contribution in [3.63, 3.8) is 0 Å². The molecule has 2 N–H and O–H groups in total. The summed E-state index contributed by atoms with van der Waals surface area (Å²) in [6.45, 7) is 0. The number of nitrogens with two attached hydrogens (primary N) is 1. The first-order chi connectivity index (χ1) is 7.56. The van der Waals surface area contributed by atoms with Crippen LogP contribution in [0.5, 0.6) is 0 Å². The van der Waals surface area contributed by atoms with E-state index < -0.39 is 5.82 Å². The van der Waals surface area contributed by atoms with Crippen LogP contribution in [0.4, 0.5) is 10.1 Å². The van der Waals surface area contributed by atoms with Gasteiger partial charge in [-0.05, 0) is 12.1 Å². The van der Waals surface area contributed by atoms with Gasteiger partial charge in [-0.15, -0.1) is 0 Å². The smallest absolute Gasteiger partial charge is 0.143 e. The fourth-order valence-corrected chi connectivity index (χ4v) is 2.28. The molecule has 0 spiro atoms. The second-order valence-corrected chi connectivity index (χ2v) is 4.78. The molecule has 2 rings (SSSR count). The summed E-state index contributed by atoms with van der Waals surface area (Å²) < 4.78 is 14.9. The predicted octanol–water partition coefficient (Wildman–Crippen LogP) is 2.95. The van der Waals surface area contributed by atoms with E-state index in [1.165, 1.54) is 23.9 Å². The quantitative estimate of drug-likeness (QED) is 0.842. The Balaban J connectivity index is 2.31. The molecule has 1 heterocycles. The Morgan fingerprint density at radius 1 is 1.50 bits per heavy atom. The molecular weight excluding hydrogens is 249 g/mol. The summed E-state index contributed by atoms with van der Waals surface area (Å²) >= 11 is 6.96. The third kappa shape index (κ3) is 2.31. The molecule has 0 aliphatic heterocycles. The van der Waals surface area contributed by atoms with E-state index in [1.54, 1.807) is 10.9 Å². The van der Waals surface area contributed by atoms with E-state index in [1.807, 2.05) is 13.2 Å². The summed E-state index contributed by atoms with van der Waals surface area (Å²) in [5.41, 5.74) is 6.20. The number of aryl methyl sites for hydroxylation is 1. The Bertz CT molecular complexity index is 527. The van der Waals surface area contributed by atoms with Gasteiger partial charge in [-0.1, -0.05) is 23.4 Å². The van der Waals surface area contributed by atoms with Crippen molar-refractivity contribution in [1.82, 2.24) is 9.78 Å². The summed E-state index contributed by atoms with van der Waals surface area (Å²) in [6.07, 6.45) is 3.52. The number of hydrogen-bond acceptors (Lipinski definition) is 3. The number of benzene rings is 1. The van der Waals surface area contributed by atoms with E-state index in [-0.39, 0.29) is 5.02 Å². The van der Waals surface area contributed by atoms with Gasteiger partial charge in [0.25, 0.3) is 0 Å². The van der Waals surface area contributed by atoms with Crippen molar-refractivity contribution in [2.75, 3.05) is 5.73 Å². The van der Waals surface area contributed by atoms with E-state index in [0.717, 1.165) is 4.90 Å². The molecule has 0 atom stereocenters. The molecule has 3 nitrogen and oxygen atoms in total. The largest absolute Gasteiger partial charge is 0.398 e. The van der Waals surface area contributed by atoms with Crippen molar-refractivity contribution in [3.05, 3.63) is 35.4 Å². The average Bonchev–Trinajstić information content (AvgIpc) is 2.60. The molecule has 0 unspecified atom stereocenters. The fraction of sp³-hybridized carbons (Fsp3) is 0.100. The number of nitrogen functional groups attached to an aromatic ring is 1. The third-order valence-corrected chi connectivity index (χ3v) is 3.27. The molecule has 84 valence electrons. The van der Waals surface area contributed by atoms with Crippen LogP contribution in [0.15, 0.2) is 34.3 Å². The summed E-state index contributed by atoms with van der Waals surface area (Å²) in [4.78, 5) is 1.53. The Morgan fingerprint density at radius 2 is 2.25 bits per heavy atom. The zero-order valence-electron chi connectivity index (χ0n) is 8.45. The number of anilines is 1. The third-order valence-electron chi connectivity index (χ3n) is 1.96. The maximum Gasteiger partial charge on any atom is 0.143 e. The van der Waals surface area contributed by atoms with Gasteiger partial charge in [0.1, 0.15) is 5.82 Å². The maximum atomic E-state index is 13.2. The van der Waals surface area contributed by atoms with Crippen molar-refractivity contribution < 1.29 is 4.39 Å². The molecule has 0 saturated carbocycles. The zero-order chi connectivity index (χ0) is 11.7.